The highest BCUT2D eigenvalue weighted by atomic mass is 19.1. The van der Waals surface area contributed by atoms with E-state index in [9.17, 15) is 13.6 Å². The van der Waals surface area contributed by atoms with E-state index in [0.29, 0.717) is 16.7 Å². The lowest BCUT2D eigenvalue weighted by molar-refractivity contribution is 0.0979. The molecule has 0 saturated heterocycles. The van der Waals surface area contributed by atoms with E-state index >= 15 is 0 Å². The van der Waals surface area contributed by atoms with Crippen LogP contribution in [0.1, 0.15) is 22.6 Å². The lowest BCUT2D eigenvalue weighted by atomic mass is 10.1. The molecule has 0 fully saturated rings. The summed E-state index contributed by atoms with van der Waals surface area (Å²) in [6, 6.07) is 5.82. The van der Waals surface area contributed by atoms with Crippen molar-refractivity contribution in [3.8, 4) is 5.75 Å². The molecule has 0 radical (unpaired) electrons. The molecule has 1 aromatic carbocycles. The molecule has 0 amide bonds. The van der Waals surface area contributed by atoms with Crippen molar-refractivity contribution in [2.75, 3.05) is 12.8 Å². The number of hydrogen-bond acceptors (Lipinski definition) is 6. The minimum absolute atomic E-state index is 0.0127. The summed E-state index contributed by atoms with van der Waals surface area (Å²) < 4.78 is 31.8. The molecule has 0 unspecified atom stereocenters. The van der Waals surface area contributed by atoms with Gasteiger partial charge in [0.1, 0.15) is 28.6 Å². The lowest BCUT2D eigenvalue weighted by Crippen LogP contribution is -2.10. The van der Waals surface area contributed by atoms with Crippen molar-refractivity contribution in [1.82, 2.24) is 15.0 Å². The maximum atomic E-state index is 13.6. The van der Waals surface area contributed by atoms with Gasteiger partial charge < -0.3 is 10.5 Å². The number of nitrogens with zero attached hydrogens (tertiary/aromatic N) is 3. The zero-order valence-electron chi connectivity index (χ0n) is 13.3. The Morgan fingerprint density at radius 1 is 1.28 bits per heavy atom. The molecule has 0 atom stereocenters. The van der Waals surface area contributed by atoms with Gasteiger partial charge in [-0.1, -0.05) is 12.1 Å². The normalized spacial score (nSPS) is 10.8. The summed E-state index contributed by atoms with van der Waals surface area (Å²) in [5, 5.41) is 0.492. The topological polar surface area (TPSA) is 91.0 Å². The van der Waals surface area contributed by atoms with Gasteiger partial charge >= 0.3 is 0 Å². The van der Waals surface area contributed by atoms with E-state index in [1.165, 1.54) is 7.11 Å². The van der Waals surface area contributed by atoms with Crippen LogP contribution in [0.2, 0.25) is 0 Å². The summed E-state index contributed by atoms with van der Waals surface area (Å²) in [5.41, 5.74) is 6.25. The fraction of sp³-hybridized carbons (Fsp3) is 0.176. The van der Waals surface area contributed by atoms with Crippen LogP contribution in [-0.2, 0) is 6.42 Å². The van der Waals surface area contributed by atoms with Crippen LogP contribution in [0.4, 0.5) is 14.7 Å². The minimum atomic E-state index is -0.790. The number of anilines is 1. The number of rotatable bonds is 5. The number of halogens is 2. The van der Waals surface area contributed by atoms with Gasteiger partial charge in [-0.25, -0.2) is 18.7 Å². The van der Waals surface area contributed by atoms with Gasteiger partial charge in [-0.15, -0.1) is 0 Å². The number of nitrogens with two attached hydrogens (primary N) is 1. The molecule has 128 valence electrons. The summed E-state index contributed by atoms with van der Waals surface area (Å²) in [6.45, 7) is 0. The van der Waals surface area contributed by atoms with Crippen molar-refractivity contribution in [2.45, 2.75) is 12.8 Å². The fourth-order valence-corrected chi connectivity index (χ4v) is 2.50. The number of nitrogen functional groups attached to an aromatic ring is 1. The molecule has 3 aromatic rings. The van der Waals surface area contributed by atoms with Crippen LogP contribution in [0, 0.1) is 11.6 Å². The Kier molecular flexibility index (Phi) is 4.51. The smallest absolute Gasteiger partial charge is 0.221 e. The molecule has 2 heterocycles. The van der Waals surface area contributed by atoms with Crippen LogP contribution in [0.5, 0.6) is 5.75 Å². The van der Waals surface area contributed by atoms with Crippen LogP contribution in [-0.4, -0.2) is 27.8 Å². The number of pyridine rings is 1. The van der Waals surface area contributed by atoms with Gasteiger partial charge in [0.05, 0.1) is 19.0 Å². The Labute approximate surface area is 141 Å². The Hall–Kier alpha value is -3.16. The van der Waals surface area contributed by atoms with Crippen LogP contribution in [0.3, 0.4) is 0 Å². The van der Waals surface area contributed by atoms with E-state index in [0.717, 1.165) is 12.3 Å². The van der Waals surface area contributed by atoms with E-state index in [1.54, 1.807) is 18.2 Å². The second-order valence-corrected chi connectivity index (χ2v) is 5.29. The zero-order valence-corrected chi connectivity index (χ0v) is 13.3. The van der Waals surface area contributed by atoms with Crippen molar-refractivity contribution >= 4 is 22.6 Å². The highest BCUT2D eigenvalue weighted by Gasteiger charge is 2.17. The summed E-state index contributed by atoms with van der Waals surface area (Å²) >= 11 is 0. The van der Waals surface area contributed by atoms with Crippen molar-refractivity contribution in [2.24, 2.45) is 0 Å². The van der Waals surface area contributed by atoms with E-state index in [4.69, 9.17) is 10.5 Å². The number of carbonyl (C=O) groups excluding carboxylic acids is 1. The largest absolute Gasteiger partial charge is 0.494 e. The SMILES string of the molecule is COc1cccc2c(C(=O)CCc3ncc(F)cc3F)nc(N)nc12. The van der Waals surface area contributed by atoms with Gasteiger partial charge in [-0.3, -0.25) is 9.78 Å². The molecule has 2 aromatic heterocycles. The zero-order chi connectivity index (χ0) is 18.0. The van der Waals surface area contributed by atoms with Crippen LogP contribution in [0.15, 0.2) is 30.5 Å². The van der Waals surface area contributed by atoms with Crippen molar-refractivity contribution in [3.63, 3.8) is 0 Å². The quantitative estimate of drug-likeness (QED) is 0.716. The Morgan fingerprint density at radius 2 is 2.08 bits per heavy atom. The van der Waals surface area contributed by atoms with Crippen LogP contribution >= 0.6 is 0 Å². The Balaban J connectivity index is 1.92. The first-order valence-electron chi connectivity index (χ1n) is 7.43. The van der Waals surface area contributed by atoms with E-state index in [1.807, 2.05) is 0 Å². The first-order valence-corrected chi connectivity index (χ1v) is 7.43. The number of fused-ring (bicyclic) bond motifs is 1. The highest BCUT2D eigenvalue weighted by Crippen LogP contribution is 2.27. The maximum absolute atomic E-state index is 13.6. The first-order chi connectivity index (χ1) is 12.0. The lowest BCUT2D eigenvalue weighted by Gasteiger charge is -2.09. The van der Waals surface area contributed by atoms with E-state index in [2.05, 4.69) is 15.0 Å². The van der Waals surface area contributed by atoms with E-state index < -0.39 is 11.6 Å². The number of aromatic nitrogens is 3. The molecule has 0 spiro atoms. The third-order valence-electron chi connectivity index (χ3n) is 3.66. The minimum Gasteiger partial charge on any atom is -0.494 e. The number of aryl methyl sites for hydroxylation is 1. The molecular formula is C17H14F2N4O2. The van der Waals surface area contributed by atoms with Gasteiger partial charge in [-0.05, 0) is 12.5 Å². The van der Waals surface area contributed by atoms with Gasteiger partial charge in [-0.2, -0.15) is 0 Å². The summed E-state index contributed by atoms with van der Waals surface area (Å²) in [6.07, 6.45) is 0.866. The van der Waals surface area contributed by atoms with Crippen molar-refractivity contribution < 1.29 is 18.3 Å². The second kappa shape index (κ2) is 6.76. The Bertz CT molecular complexity index is 963. The van der Waals surface area contributed by atoms with Crippen LogP contribution in [0.25, 0.3) is 10.9 Å². The summed E-state index contributed by atoms with van der Waals surface area (Å²) in [7, 11) is 1.48. The van der Waals surface area contributed by atoms with E-state index in [-0.39, 0.29) is 36.0 Å². The number of benzene rings is 1. The molecule has 8 heteroatoms. The number of hydrogen-bond donors (Lipinski definition) is 1. The molecule has 6 nitrogen and oxygen atoms in total. The predicted octanol–water partition coefficient (Wildman–Crippen LogP) is 2.71. The molecule has 0 aliphatic rings. The summed E-state index contributed by atoms with van der Waals surface area (Å²) in [5.74, 6) is -1.51. The average Bonchev–Trinajstić information content (AvgIpc) is 2.59. The highest BCUT2D eigenvalue weighted by molar-refractivity contribution is 6.07. The molecule has 2 N–H and O–H groups in total. The number of ether oxygens (including phenoxy) is 1. The number of methoxy groups -OCH3 is 1. The summed E-state index contributed by atoms with van der Waals surface area (Å²) in [4.78, 5) is 24.3. The van der Waals surface area contributed by atoms with Crippen LogP contribution < -0.4 is 10.5 Å². The molecule has 0 saturated carbocycles. The Morgan fingerprint density at radius 3 is 2.80 bits per heavy atom. The molecule has 0 aliphatic carbocycles. The molecular weight excluding hydrogens is 330 g/mol. The number of para-hydroxylation sites is 1. The standard InChI is InChI=1S/C17H14F2N4O2/c1-25-14-4-2-3-10-15(22-17(20)23-16(10)14)13(24)6-5-12-11(19)7-9(18)8-21-12/h2-4,7-8H,5-6H2,1H3,(H2,20,22,23). The predicted molar refractivity (Wildman–Crippen MR) is 87.3 cm³/mol. The second-order valence-electron chi connectivity index (χ2n) is 5.29. The monoisotopic (exact) mass is 344 g/mol. The maximum Gasteiger partial charge on any atom is 0.221 e. The van der Waals surface area contributed by atoms with Crippen molar-refractivity contribution in [3.05, 3.63) is 53.5 Å². The number of carbonyl (C=O) groups is 1. The van der Waals surface area contributed by atoms with Gasteiger partial charge in [0.2, 0.25) is 5.95 Å². The fourth-order valence-electron chi connectivity index (χ4n) is 2.50. The van der Waals surface area contributed by atoms with Gasteiger partial charge in [0.25, 0.3) is 0 Å². The molecule has 0 aliphatic heterocycles. The number of Topliss-reactive ketones (excluding diaryl/α,β-unsaturated/α-hetero) is 1. The third-order valence-corrected chi connectivity index (χ3v) is 3.66. The first kappa shape index (κ1) is 16.7. The molecule has 3 rings (SSSR count). The number of ketones is 1. The van der Waals surface area contributed by atoms with Gasteiger partial charge in [0.15, 0.2) is 5.78 Å². The molecule has 25 heavy (non-hydrogen) atoms. The van der Waals surface area contributed by atoms with Gasteiger partial charge in [0, 0.05) is 17.9 Å². The van der Waals surface area contributed by atoms with Crippen molar-refractivity contribution in [1.29, 1.82) is 0 Å². The average molecular weight is 344 g/mol. The third kappa shape index (κ3) is 3.37. The molecule has 0 bridgehead atoms.